The molecule has 1 aliphatic heterocycles. The van der Waals surface area contributed by atoms with Gasteiger partial charge in [0.05, 0.1) is 16.6 Å². The largest absolute Gasteiger partial charge is 0.369 e. The number of rotatable bonds is 2. The lowest BCUT2D eigenvalue weighted by atomic mass is 10.0. The number of piperidine rings is 1. The molecular formula is C20H20FN3O2. The fraction of sp³-hybridized carbons (Fsp3) is 0.300. The summed E-state index contributed by atoms with van der Waals surface area (Å²) in [5, 5.41) is 0.513. The van der Waals surface area contributed by atoms with E-state index in [1.807, 2.05) is 17.9 Å². The van der Waals surface area contributed by atoms with E-state index in [2.05, 4.69) is 4.98 Å². The van der Waals surface area contributed by atoms with Crippen LogP contribution in [0.3, 0.4) is 0 Å². The van der Waals surface area contributed by atoms with Gasteiger partial charge in [-0.25, -0.2) is 9.18 Å². The third-order valence-corrected chi connectivity index (χ3v) is 5.17. The van der Waals surface area contributed by atoms with Crippen molar-refractivity contribution in [3.8, 4) is 0 Å². The number of nitrogens with zero attached hydrogens (tertiary/aromatic N) is 2. The maximum Gasteiger partial charge on any atom is 0.329 e. The molecular weight excluding hydrogens is 333 g/mol. The molecule has 0 radical (unpaired) electrons. The van der Waals surface area contributed by atoms with Crippen LogP contribution in [0.2, 0.25) is 0 Å². The number of hydrogen-bond donors (Lipinski definition) is 1. The highest BCUT2D eigenvalue weighted by atomic mass is 19.1. The molecule has 1 aromatic heterocycles. The number of aromatic amines is 1. The predicted molar refractivity (Wildman–Crippen MR) is 100 cm³/mol. The van der Waals surface area contributed by atoms with Crippen LogP contribution in [-0.2, 0) is 0 Å². The van der Waals surface area contributed by atoms with Crippen molar-refractivity contribution < 1.29 is 4.39 Å². The van der Waals surface area contributed by atoms with Gasteiger partial charge in [0.15, 0.2) is 0 Å². The Kier molecular flexibility index (Phi) is 4.11. The number of para-hydroxylation sites is 2. The van der Waals surface area contributed by atoms with Crippen molar-refractivity contribution in [3.63, 3.8) is 0 Å². The lowest BCUT2D eigenvalue weighted by Gasteiger charge is -2.35. The molecule has 1 N–H and O–H groups in total. The minimum absolute atomic E-state index is 0.181. The third kappa shape index (κ3) is 2.71. The Morgan fingerprint density at radius 2 is 1.77 bits per heavy atom. The van der Waals surface area contributed by atoms with E-state index in [-0.39, 0.29) is 23.1 Å². The van der Waals surface area contributed by atoms with Gasteiger partial charge in [0.2, 0.25) is 0 Å². The number of H-pyrrole nitrogens is 1. The van der Waals surface area contributed by atoms with Crippen LogP contribution >= 0.6 is 0 Å². The van der Waals surface area contributed by atoms with Gasteiger partial charge >= 0.3 is 5.69 Å². The molecule has 1 aliphatic rings. The monoisotopic (exact) mass is 353 g/mol. The van der Waals surface area contributed by atoms with Gasteiger partial charge in [-0.2, -0.15) is 0 Å². The van der Waals surface area contributed by atoms with Crippen molar-refractivity contribution in [2.24, 2.45) is 0 Å². The van der Waals surface area contributed by atoms with Gasteiger partial charge < -0.3 is 9.88 Å². The van der Waals surface area contributed by atoms with Gasteiger partial charge in [0.1, 0.15) is 5.82 Å². The lowest BCUT2D eigenvalue weighted by molar-refractivity contribution is 0.375. The molecule has 0 aliphatic carbocycles. The summed E-state index contributed by atoms with van der Waals surface area (Å²) in [6, 6.07) is 11.9. The van der Waals surface area contributed by atoms with E-state index in [4.69, 9.17) is 0 Å². The molecule has 0 unspecified atom stereocenters. The number of hydrogen-bond acceptors (Lipinski definition) is 3. The number of fused-ring (bicyclic) bond motifs is 1. The zero-order valence-corrected chi connectivity index (χ0v) is 14.5. The zero-order valence-electron chi connectivity index (χ0n) is 14.5. The van der Waals surface area contributed by atoms with E-state index < -0.39 is 0 Å². The maximum atomic E-state index is 14.2. The minimum Gasteiger partial charge on any atom is -0.369 e. The molecule has 0 atom stereocenters. The Morgan fingerprint density at radius 1 is 1.04 bits per heavy atom. The molecule has 6 heteroatoms. The second-order valence-electron chi connectivity index (χ2n) is 6.77. The van der Waals surface area contributed by atoms with Crippen molar-refractivity contribution in [2.45, 2.75) is 25.8 Å². The first kappa shape index (κ1) is 16.6. The van der Waals surface area contributed by atoms with E-state index in [1.54, 1.807) is 30.3 Å². The highest BCUT2D eigenvalue weighted by Gasteiger charge is 2.25. The average Bonchev–Trinajstić information content (AvgIpc) is 2.63. The Hall–Kier alpha value is -2.89. The van der Waals surface area contributed by atoms with Crippen molar-refractivity contribution in [1.82, 2.24) is 9.55 Å². The first-order chi connectivity index (χ1) is 12.6. The lowest BCUT2D eigenvalue weighted by Crippen LogP contribution is -2.43. The molecule has 0 spiro atoms. The second-order valence-corrected chi connectivity index (χ2v) is 6.77. The predicted octanol–water partition coefficient (Wildman–Crippen LogP) is 2.98. The summed E-state index contributed by atoms with van der Waals surface area (Å²) in [6.45, 7) is 3.10. The molecule has 0 bridgehead atoms. The first-order valence-corrected chi connectivity index (χ1v) is 8.80. The topological polar surface area (TPSA) is 58.1 Å². The highest BCUT2D eigenvalue weighted by molar-refractivity contribution is 5.76. The molecule has 3 aromatic rings. The van der Waals surface area contributed by atoms with Crippen molar-refractivity contribution >= 4 is 16.6 Å². The van der Waals surface area contributed by atoms with Gasteiger partial charge in [-0.1, -0.05) is 24.3 Å². The summed E-state index contributed by atoms with van der Waals surface area (Å²) >= 11 is 0. The molecule has 2 aromatic carbocycles. The van der Waals surface area contributed by atoms with Crippen molar-refractivity contribution in [3.05, 3.63) is 74.7 Å². The fourth-order valence-corrected chi connectivity index (χ4v) is 3.88. The molecule has 0 saturated carbocycles. The van der Waals surface area contributed by atoms with Crippen LogP contribution in [0.4, 0.5) is 10.1 Å². The minimum atomic E-state index is -0.380. The van der Waals surface area contributed by atoms with Crippen LogP contribution < -0.4 is 16.1 Å². The molecule has 134 valence electrons. The Balaban J connectivity index is 1.64. The number of halogens is 1. The van der Waals surface area contributed by atoms with Gasteiger partial charge in [0, 0.05) is 19.1 Å². The smallest absolute Gasteiger partial charge is 0.329 e. The molecule has 1 saturated heterocycles. The van der Waals surface area contributed by atoms with E-state index in [0.717, 1.165) is 5.56 Å². The van der Waals surface area contributed by atoms with Gasteiger partial charge in [0.25, 0.3) is 5.56 Å². The van der Waals surface area contributed by atoms with Crippen LogP contribution in [0.5, 0.6) is 0 Å². The quantitative estimate of drug-likeness (QED) is 0.771. The first-order valence-electron chi connectivity index (χ1n) is 8.80. The van der Waals surface area contributed by atoms with Crippen LogP contribution in [0.25, 0.3) is 10.9 Å². The van der Waals surface area contributed by atoms with E-state index >= 15 is 0 Å². The van der Waals surface area contributed by atoms with Crippen LogP contribution in [-0.4, -0.2) is 22.6 Å². The molecule has 4 rings (SSSR count). The Bertz CT molecular complexity index is 1060. The Labute approximate surface area is 149 Å². The van der Waals surface area contributed by atoms with E-state index in [0.29, 0.717) is 42.5 Å². The average molecular weight is 353 g/mol. The van der Waals surface area contributed by atoms with Gasteiger partial charge in [-0.15, -0.1) is 0 Å². The summed E-state index contributed by atoms with van der Waals surface area (Å²) in [6.07, 6.45) is 1.24. The molecule has 5 nitrogen and oxygen atoms in total. The Morgan fingerprint density at radius 3 is 2.50 bits per heavy atom. The maximum absolute atomic E-state index is 14.2. The van der Waals surface area contributed by atoms with E-state index in [1.165, 1.54) is 10.6 Å². The standard InChI is InChI=1S/C20H20FN3O2/c1-13-5-4-7-16(21)18(13)23-11-9-14(10-12-23)24-19(25)15-6-2-3-8-17(15)22-20(24)26/h2-8,14H,9-12H2,1H3,(H,22,26). The third-order valence-electron chi connectivity index (χ3n) is 5.17. The van der Waals surface area contributed by atoms with Crippen LogP contribution in [0.15, 0.2) is 52.1 Å². The summed E-state index contributed by atoms with van der Waals surface area (Å²) < 4.78 is 15.5. The molecule has 26 heavy (non-hydrogen) atoms. The second kappa shape index (κ2) is 6.44. The molecule has 2 heterocycles. The summed E-state index contributed by atoms with van der Waals surface area (Å²) in [4.78, 5) is 30.0. The number of anilines is 1. The fourth-order valence-electron chi connectivity index (χ4n) is 3.88. The molecule has 1 fully saturated rings. The number of aryl methyl sites for hydroxylation is 1. The van der Waals surface area contributed by atoms with Crippen molar-refractivity contribution in [2.75, 3.05) is 18.0 Å². The summed E-state index contributed by atoms with van der Waals surface area (Å²) in [5.74, 6) is -0.232. The summed E-state index contributed by atoms with van der Waals surface area (Å²) in [5.41, 5.74) is 1.42. The number of benzene rings is 2. The van der Waals surface area contributed by atoms with Gasteiger partial charge in [-0.3, -0.25) is 9.36 Å². The van der Waals surface area contributed by atoms with Crippen LogP contribution in [0, 0.1) is 12.7 Å². The molecule has 0 amide bonds. The number of aromatic nitrogens is 2. The number of nitrogens with one attached hydrogen (secondary N) is 1. The summed E-state index contributed by atoms with van der Waals surface area (Å²) in [7, 11) is 0. The zero-order chi connectivity index (χ0) is 18.3. The van der Waals surface area contributed by atoms with E-state index in [9.17, 15) is 14.0 Å². The van der Waals surface area contributed by atoms with Gasteiger partial charge in [-0.05, 0) is 43.5 Å². The van der Waals surface area contributed by atoms with Crippen molar-refractivity contribution in [1.29, 1.82) is 0 Å². The highest BCUT2D eigenvalue weighted by Crippen LogP contribution is 2.29. The van der Waals surface area contributed by atoms with Crippen LogP contribution in [0.1, 0.15) is 24.4 Å². The SMILES string of the molecule is Cc1cccc(F)c1N1CCC(n2c(=O)[nH]c3ccccc3c2=O)CC1. The normalized spacial score (nSPS) is 15.5.